The predicted molar refractivity (Wildman–Crippen MR) is 62.9 cm³/mol. The summed E-state index contributed by atoms with van der Waals surface area (Å²) in [4.78, 5) is 22.7. The highest BCUT2D eigenvalue weighted by atomic mass is 79.9. The van der Waals surface area contributed by atoms with E-state index in [0.717, 1.165) is 4.47 Å². The zero-order valence-corrected chi connectivity index (χ0v) is 10.3. The van der Waals surface area contributed by atoms with Gasteiger partial charge >= 0.3 is 0 Å². The summed E-state index contributed by atoms with van der Waals surface area (Å²) in [6.07, 6.45) is -0.0224. The van der Waals surface area contributed by atoms with E-state index in [9.17, 15) is 9.59 Å². The smallest absolute Gasteiger partial charge is 0.180 e. The lowest BCUT2D eigenvalue weighted by atomic mass is 9.94. The van der Waals surface area contributed by atoms with Gasteiger partial charge in [0.2, 0.25) is 0 Å². The van der Waals surface area contributed by atoms with Crippen molar-refractivity contribution in [1.29, 1.82) is 5.26 Å². The molecule has 0 saturated carbocycles. The predicted octanol–water partition coefficient (Wildman–Crippen LogP) is 2.75. The number of halogens is 1. The quantitative estimate of drug-likeness (QED) is 0.797. The average molecular weight is 280 g/mol. The van der Waals surface area contributed by atoms with E-state index in [1.807, 2.05) is 6.07 Å². The van der Waals surface area contributed by atoms with Crippen molar-refractivity contribution in [2.75, 3.05) is 0 Å². The molecular formula is C12H10BrNO2. The van der Waals surface area contributed by atoms with Gasteiger partial charge in [-0.1, -0.05) is 28.1 Å². The molecule has 4 heteroatoms. The molecule has 0 aliphatic heterocycles. The number of hydrogen-bond acceptors (Lipinski definition) is 3. The Kier molecular flexibility index (Phi) is 4.39. The Morgan fingerprint density at radius 1 is 1.38 bits per heavy atom. The third-order valence-electron chi connectivity index (χ3n) is 2.09. The van der Waals surface area contributed by atoms with E-state index < -0.39 is 5.92 Å². The molecule has 1 aromatic rings. The Morgan fingerprint density at radius 3 is 2.38 bits per heavy atom. The van der Waals surface area contributed by atoms with Crippen LogP contribution in [0.5, 0.6) is 0 Å². The highest BCUT2D eigenvalue weighted by molar-refractivity contribution is 9.10. The number of nitrogens with zero attached hydrogens (tertiary/aromatic N) is 1. The van der Waals surface area contributed by atoms with Crippen LogP contribution in [0.2, 0.25) is 0 Å². The summed E-state index contributed by atoms with van der Waals surface area (Å²) in [6, 6.07) is 8.60. The molecule has 0 amide bonds. The Balaban J connectivity index is 2.88. The maximum Gasteiger partial charge on any atom is 0.180 e. The van der Waals surface area contributed by atoms with Crippen LogP contribution in [-0.4, -0.2) is 11.6 Å². The van der Waals surface area contributed by atoms with Gasteiger partial charge in [0.15, 0.2) is 5.78 Å². The molecule has 0 fully saturated rings. The topological polar surface area (TPSA) is 57.9 Å². The standard InChI is InChI=1S/C12H10BrNO2/c1-8(15)6-10(7-14)12(16)9-2-4-11(13)5-3-9/h2-5,10H,6H2,1H3. The van der Waals surface area contributed by atoms with Crippen molar-refractivity contribution < 1.29 is 9.59 Å². The fraction of sp³-hybridized carbons (Fsp3) is 0.250. The van der Waals surface area contributed by atoms with Crippen molar-refractivity contribution in [3.63, 3.8) is 0 Å². The van der Waals surface area contributed by atoms with Gasteiger partial charge in [-0.3, -0.25) is 9.59 Å². The van der Waals surface area contributed by atoms with E-state index in [2.05, 4.69) is 15.9 Å². The first kappa shape index (κ1) is 12.6. The number of hydrogen-bond donors (Lipinski definition) is 0. The summed E-state index contributed by atoms with van der Waals surface area (Å²) < 4.78 is 0.865. The van der Waals surface area contributed by atoms with Gasteiger partial charge < -0.3 is 0 Å². The molecule has 1 rings (SSSR count). The van der Waals surface area contributed by atoms with Crippen LogP contribution in [0.3, 0.4) is 0 Å². The maximum atomic E-state index is 11.8. The number of carbonyl (C=O) groups excluding carboxylic acids is 2. The van der Waals surface area contributed by atoms with Crippen molar-refractivity contribution in [3.8, 4) is 6.07 Å². The molecule has 0 aromatic heterocycles. The summed E-state index contributed by atoms with van der Waals surface area (Å²) in [5, 5.41) is 8.83. The molecule has 0 N–H and O–H groups in total. The molecule has 0 spiro atoms. The summed E-state index contributed by atoms with van der Waals surface area (Å²) in [5.41, 5.74) is 0.455. The van der Waals surface area contributed by atoms with Crippen LogP contribution >= 0.6 is 15.9 Å². The van der Waals surface area contributed by atoms with Gasteiger partial charge in [0.25, 0.3) is 0 Å². The zero-order chi connectivity index (χ0) is 12.1. The number of Topliss-reactive ketones (excluding diaryl/α,β-unsaturated/α-hetero) is 2. The molecule has 0 bridgehead atoms. The molecule has 3 nitrogen and oxygen atoms in total. The summed E-state index contributed by atoms with van der Waals surface area (Å²) >= 11 is 3.26. The summed E-state index contributed by atoms with van der Waals surface area (Å²) in [5.74, 6) is -1.33. The van der Waals surface area contributed by atoms with E-state index >= 15 is 0 Å². The third kappa shape index (κ3) is 3.28. The molecule has 0 radical (unpaired) electrons. The molecule has 0 saturated heterocycles. The van der Waals surface area contributed by atoms with Gasteiger partial charge in [-0.05, 0) is 19.1 Å². The van der Waals surface area contributed by atoms with Crippen molar-refractivity contribution in [2.45, 2.75) is 13.3 Å². The van der Waals surface area contributed by atoms with Crippen LogP contribution in [-0.2, 0) is 4.79 Å². The molecule has 1 unspecified atom stereocenters. The Hall–Kier alpha value is -1.47. The van der Waals surface area contributed by atoms with E-state index in [1.54, 1.807) is 24.3 Å². The van der Waals surface area contributed by atoms with Crippen molar-refractivity contribution >= 4 is 27.5 Å². The van der Waals surface area contributed by atoms with E-state index in [-0.39, 0.29) is 18.0 Å². The van der Waals surface area contributed by atoms with Crippen LogP contribution < -0.4 is 0 Å². The largest absolute Gasteiger partial charge is 0.300 e. The second-order valence-electron chi connectivity index (χ2n) is 3.46. The second kappa shape index (κ2) is 5.57. The normalized spacial score (nSPS) is 11.6. The lowest BCUT2D eigenvalue weighted by molar-refractivity contribution is -0.117. The highest BCUT2D eigenvalue weighted by Crippen LogP contribution is 2.15. The van der Waals surface area contributed by atoms with Crippen LogP contribution in [0.25, 0.3) is 0 Å². The van der Waals surface area contributed by atoms with Gasteiger partial charge in [0.05, 0.1) is 6.07 Å². The monoisotopic (exact) mass is 279 g/mol. The van der Waals surface area contributed by atoms with Crippen LogP contribution in [0.1, 0.15) is 23.7 Å². The zero-order valence-electron chi connectivity index (χ0n) is 8.74. The van der Waals surface area contributed by atoms with Crippen molar-refractivity contribution in [2.24, 2.45) is 5.92 Å². The van der Waals surface area contributed by atoms with E-state index in [1.165, 1.54) is 6.92 Å². The summed E-state index contributed by atoms with van der Waals surface area (Å²) in [6.45, 7) is 1.37. The number of carbonyl (C=O) groups is 2. The van der Waals surface area contributed by atoms with Gasteiger partial charge in [-0.25, -0.2) is 0 Å². The number of ketones is 2. The molecule has 0 aliphatic rings. The molecule has 1 aromatic carbocycles. The Labute approximate surface area is 102 Å². The molecular weight excluding hydrogens is 270 g/mol. The number of rotatable bonds is 4. The molecule has 82 valence electrons. The first-order valence-corrected chi connectivity index (χ1v) is 5.52. The fourth-order valence-corrected chi connectivity index (χ4v) is 1.56. The van der Waals surface area contributed by atoms with Gasteiger partial charge in [-0.15, -0.1) is 0 Å². The first-order chi connectivity index (χ1) is 7.54. The minimum atomic E-state index is -0.876. The van der Waals surface area contributed by atoms with Gasteiger partial charge in [0, 0.05) is 16.5 Å². The molecule has 1 atom stereocenters. The van der Waals surface area contributed by atoms with Gasteiger partial charge in [-0.2, -0.15) is 5.26 Å². The second-order valence-corrected chi connectivity index (χ2v) is 4.37. The number of benzene rings is 1. The fourth-order valence-electron chi connectivity index (χ4n) is 1.30. The lowest BCUT2D eigenvalue weighted by Gasteiger charge is -2.05. The third-order valence-corrected chi connectivity index (χ3v) is 2.62. The minimum Gasteiger partial charge on any atom is -0.300 e. The first-order valence-electron chi connectivity index (χ1n) is 4.73. The SMILES string of the molecule is CC(=O)CC(C#N)C(=O)c1ccc(Br)cc1. The minimum absolute atomic E-state index is 0.0224. The average Bonchev–Trinajstić information content (AvgIpc) is 2.25. The van der Waals surface area contributed by atoms with Crippen LogP contribution in [0.15, 0.2) is 28.7 Å². The number of nitriles is 1. The Morgan fingerprint density at radius 2 is 1.94 bits per heavy atom. The highest BCUT2D eigenvalue weighted by Gasteiger charge is 2.20. The summed E-state index contributed by atoms with van der Waals surface area (Å²) in [7, 11) is 0. The van der Waals surface area contributed by atoms with Crippen molar-refractivity contribution in [1.82, 2.24) is 0 Å². The lowest BCUT2D eigenvalue weighted by Crippen LogP contribution is -2.15. The van der Waals surface area contributed by atoms with Crippen LogP contribution in [0.4, 0.5) is 0 Å². The molecule has 16 heavy (non-hydrogen) atoms. The van der Waals surface area contributed by atoms with Crippen LogP contribution in [0, 0.1) is 17.2 Å². The Bertz CT molecular complexity index is 445. The molecule has 0 aliphatic carbocycles. The van der Waals surface area contributed by atoms with Gasteiger partial charge in [0.1, 0.15) is 11.7 Å². The maximum absolute atomic E-state index is 11.8. The molecule has 0 heterocycles. The van der Waals surface area contributed by atoms with E-state index in [0.29, 0.717) is 5.56 Å². The van der Waals surface area contributed by atoms with Crippen molar-refractivity contribution in [3.05, 3.63) is 34.3 Å². The van der Waals surface area contributed by atoms with E-state index in [4.69, 9.17) is 5.26 Å².